The van der Waals surface area contributed by atoms with Crippen molar-refractivity contribution in [2.45, 2.75) is 82.8 Å². The summed E-state index contributed by atoms with van der Waals surface area (Å²) in [6, 6.07) is 21.2. The van der Waals surface area contributed by atoms with Gasteiger partial charge in [-0.05, 0) is 52.9 Å². The van der Waals surface area contributed by atoms with E-state index >= 15 is 0 Å². The molecule has 0 bridgehead atoms. The van der Waals surface area contributed by atoms with Gasteiger partial charge < -0.3 is 19.7 Å². The smallest absolute Gasteiger partial charge is 0.261 e. The van der Waals surface area contributed by atoms with Gasteiger partial charge in [-0.1, -0.05) is 88.4 Å². The average molecular weight is 469 g/mol. The number of benzene rings is 2. The largest absolute Gasteiger partial charge is 0.404 e. The summed E-state index contributed by atoms with van der Waals surface area (Å²) in [7, 11) is -2.73. The second-order valence-corrected chi connectivity index (χ2v) is 15.9. The van der Waals surface area contributed by atoms with Gasteiger partial charge >= 0.3 is 0 Å². The Morgan fingerprint density at radius 3 is 1.91 bits per heavy atom. The summed E-state index contributed by atoms with van der Waals surface area (Å²) in [6.07, 6.45) is -0.0989. The van der Waals surface area contributed by atoms with Crippen LogP contribution in [-0.4, -0.2) is 47.5 Å². The molecule has 2 fully saturated rings. The molecule has 0 spiro atoms. The van der Waals surface area contributed by atoms with Gasteiger partial charge in [0.05, 0.1) is 17.8 Å². The van der Waals surface area contributed by atoms with E-state index in [1.807, 2.05) is 19.1 Å². The monoisotopic (exact) mass is 468 g/mol. The first-order valence-corrected chi connectivity index (χ1v) is 14.3. The van der Waals surface area contributed by atoms with Crippen LogP contribution >= 0.6 is 0 Å². The molecular formula is C28H40O4Si. The van der Waals surface area contributed by atoms with Crippen LogP contribution in [0.25, 0.3) is 0 Å². The fraction of sp³-hybridized carbons (Fsp3) is 0.571. The summed E-state index contributed by atoms with van der Waals surface area (Å²) in [6.45, 7) is 10.8. The Kier molecular flexibility index (Phi) is 6.66. The van der Waals surface area contributed by atoms with E-state index in [1.165, 1.54) is 10.4 Å². The topological polar surface area (TPSA) is 69.9 Å². The van der Waals surface area contributed by atoms with Crippen LogP contribution in [0.4, 0.5) is 0 Å². The van der Waals surface area contributed by atoms with Crippen molar-refractivity contribution < 1.29 is 19.7 Å². The predicted molar refractivity (Wildman–Crippen MR) is 135 cm³/mol. The predicted octanol–water partition coefficient (Wildman–Crippen LogP) is 3.47. The van der Waals surface area contributed by atoms with Gasteiger partial charge in [-0.2, -0.15) is 0 Å². The maximum atomic E-state index is 11.3. The third-order valence-electron chi connectivity index (χ3n) is 8.29. The molecular weight excluding hydrogens is 428 g/mol. The van der Waals surface area contributed by atoms with Crippen molar-refractivity contribution in [1.82, 2.24) is 0 Å². The number of fused-ring (bicyclic) bond motifs is 1. The lowest BCUT2D eigenvalue weighted by atomic mass is 9.77. The maximum Gasteiger partial charge on any atom is 0.261 e. The van der Waals surface area contributed by atoms with Crippen LogP contribution in [0, 0.1) is 17.8 Å². The Labute approximate surface area is 199 Å². The highest BCUT2D eigenvalue weighted by atomic mass is 28.4. The minimum absolute atomic E-state index is 0.0726. The zero-order chi connectivity index (χ0) is 24.0. The van der Waals surface area contributed by atoms with E-state index < -0.39 is 26.1 Å². The quantitative estimate of drug-likeness (QED) is 0.601. The Hall–Kier alpha value is -1.50. The van der Waals surface area contributed by atoms with Gasteiger partial charge in [0.2, 0.25) is 0 Å². The van der Waals surface area contributed by atoms with E-state index in [-0.39, 0.29) is 28.9 Å². The highest BCUT2D eigenvalue weighted by Crippen LogP contribution is 2.51. The van der Waals surface area contributed by atoms with Crippen molar-refractivity contribution >= 4 is 18.7 Å². The molecule has 7 atom stereocenters. The van der Waals surface area contributed by atoms with Crippen molar-refractivity contribution in [2.24, 2.45) is 17.8 Å². The third kappa shape index (κ3) is 4.35. The lowest BCUT2D eigenvalue weighted by Crippen LogP contribution is -2.68. The second-order valence-electron chi connectivity index (χ2n) is 11.6. The Morgan fingerprint density at radius 1 is 0.909 bits per heavy atom. The highest BCUT2D eigenvalue weighted by Gasteiger charge is 2.58. The van der Waals surface area contributed by atoms with Crippen molar-refractivity contribution in [3.05, 3.63) is 60.7 Å². The first-order valence-electron chi connectivity index (χ1n) is 12.3. The molecule has 4 rings (SSSR count). The Bertz CT molecular complexity index is 884. The molecule has 2 aliphatic carbocycles. The van der Waals surface area contributed by atoms with Crippen LogP contribution in [0.2, 0.25) is 5.04 Å². The molecule has 0 aliphatic heterocycles. The molecule has 0 radical (unpaired) electrons. The summed E-state index contributed by atoms with van der Waals surface area (Å²) >= 11 is 0. The fourth-order valence-electron chi connectivity index (χ4n) is 6.74. The normalized spacial score (nSPS) is 35.2. The first kappa shape index (κ1) is 24.6. The Balaban J connectivity index is 1.80. The fourth-order valence-corrected chi connectivity index (χ4v) is 11.5. The number of aliphatic hydroxyl groups excluding tert-OH is 2. The lowest BCUT2D eigenvalue weighted by Gasteiger charge is -2.45. The van der Waals surface area contributed by atoms with Gasteiger partial charge in [-0.3, -0.25) is 0 Å². The molecule has 2 aliphatic rings. The zero-order valence-corrected chi connectivity index (χ0v) is 21.6. The zero-order valence-electron chi connectivity index (χ0n) is 20.6. The minimum Gasteiger partial charge on any atom is -0.404 e. The van der Waals surface area contributed by atoms with Gasteiger partial charge in [0.15, 0.2) is 0 Å². The van der Waals surface area contributed by atoms with Crippen molar-refractivity contribution in [2.75, 3.05) is 0 Å². The number of rotatable bonds is 4. The number of aliphatic hydroxyl groups is 3. The number of hydrogen-bond donors (Lipinski definition) is 3. The van der Waals surface area contributed by atoms with Gasteiger partial charge in [0.25, 0.3) is 8.32 Å². The standard InChI is InChI=1S/C28H40O4Si/c1-19-25(17-23-26(19)24(30)16-20(29)18-28(23,5)31)32-33(27(2,3)4,21-12-8-6-9-13-21)22-14-10-7-11-15-22/h6-15,19-20,23-26,29-31H,16-18H2,1-5H3/t19-,20+,23-,24+,25-,26+,28-/m0/s1. The SMILES string of the molecule is C[C@@H]1[C@H]2[C@H](O)C[C@@H](O)C[C@](C)(O)[C@H]2C[C@@H]1O[Si](c1ccccc1)(c1ccccc1)C(C)(C)C. The molecule has 2 saturated carbocycles. The third-order valence-corrected chi connectivity index (χ3v) is 13.4. The van der Waals surface area contributed by atoms with Crippen LogP contribution in [0.3, 0.4) is 0 Å². The van der Waals surface area contributed by atoms with Crippen LogP contribution in [0.5, 0.6) is 0 Å². The van der Waals surface area contributed by atoms with E-state index in [9.17, 15) is 15.3 Å². The summed E-state index contributed by atoms with van der Waals surface area (Å²) in [4.78, 5) is 0. The molecule has 5 heteroatoms. The van der Waals surface area contributed by atoms with Crippen molar-refractivity contribution in [3.63, 3.8) is 0 Å². The minimum atomic E-state index is -2.73. The van der Waals surface area contributed by atoms with Gasteiger partial charge in [0, 0.05) is 12.5 Å². The second kappa shape index (κ2) is 8.93. The molecule has 3 N–H and O–H groups in total. The summed E-state index contributed by atoms with van der Waals surface area (Å²) in [5, 5.41) is 35.1. The first-order chi connectivity index (χ1) is 15.5. The average Bonchev–Trinajstić information content (AvgIpc) is 3.04. The van der Waals surface area contributed by atoms with Gasteiger partial charge in [-0.15, -0.1) is 0 Å². The molecule has 0 saturated heterocycles. The van der Waals surface area contributed by atoms with Crippen LogP contribution in [0.15, 0.2) is 60.7 Å². The van der Waals surface area contributed by atoms with E-state index in [4.69, 9.17) is 4.43 Å². The lowest BCUT2D eigenvalue weighted by molar-refractivity contribution is -0.0487. The summed E-state index contributed by atoms with van der Waals surface area (Å²) in [5.74, 6) is -0.133. The summed E-state index contributed by atoms with van der Waals surface area (Å²) < 4.78 is 7.40. The maximum absolute atomic E-state index is 11.3. The molecule has 0 amide bonds. The van der Waals surface area contributed by atoms with Crippen LogP contribution in [0.1, 0.15) is 53.9 Å². The molecule has 2 aromatic carbocycles. The molecule has 2 aromatic rings. The van der Waals surface area contributed by atoms with E-state index in [1.54, 1.807) is 0 Å². The van der Waals surface area contributed by atoms with Crippen molar-refractivity contribution in [3.8, 4) is 0 Å². The van der Waals surface area contributed by atoms with E-state index in [2.05, 4.69) is 76.2 Å². The van der Waals surface area contributed by atoms with E-state index in [0.29, 0.717) is 19.3 Å². The molecule has 33 heavy (non-hydrogen) atoms. The van der Waals surface area contributed by atoms with Gasteiger partial charge in [0.1, 0.15) is 0 Å². The van der Waals surface area contributed by atoms with Gasteiger partial charge in [-0.25, -0.2) is 0 Å². The Morgan fingerprint density at radius 2 is 1.42 bits per heavy atom. The van der Waals surface area contributed by atoms with Crippen LogP contribution in [-0.2, 0) is 4.43 Å². The molecule has 4 nitrogen and oxygen atoms in total. The number of hydrogen-bond acceptors (Lipinski definition) is 4. The molecule has 0 unspecified atom stereocenters. The summed E-state index contributed by atoms with van der Waals surface area (Å²) in [5.41, 5.74) is -1.03. The van der Waals surface area contributed by atoms with Crippen molar-refractivity contribution in [1.29, 1.82) is 0 Å². The molecule has 180 valence electrons. The van der Waals surface area contributed by atoms with E-state index in [0.717, 1.165) is 0 Å². The highest BCUT2D eigenvalue weighted by molar-refractivity contribution is 6.99. The molecule has 0 heterocycles. The van der Waals surface area contributed by atoms with Crippen LogP contribution < -0.4 is 10.4 Å². The molecule has 0 aromatic heterocycles.